The Kier molecular flexibility index (Phi) is 7.32. The minimum atomic E-state index is -4.75. The number of nitrogens with zero attached hydrogens (tertiary/aromatic N) is 2. The molecule has 2 heterocycles. The number of nitrogens with one attached hydrogen (secondary N) is 1. The Labute approximate surface area is 233 Å². The van der Waals surface area contributed by atoms with Crippen LogP contribution in [0.5, 0.6) is 5.75 Å². The first-order valence-corrected chi connectivity index (χ1v) is 14.0. The van der Waals surface area contributed by atoms with Crippen LogP contribution in [0.1, 0.15) is 50.5 Å². The number of rotatable bonds is 7. The monoisotopic (exact) mass is 579 g/mol. The lowest BCUT2D eigenvalue weighted by Gasteiger charge is -2.39. The minimum absolute atomic E-state index is 0.177. The van der Waals surface area contributed by atoms with Crippen molar-refractivity contribution in [1.82, 2.24) is 4.98 Å². The van der Waals surface area contributed by atoms with Crippen LogP contribution >= 0.6 is 0 Å². The van der Waals surface area contributed by atoms with Gasteiger partial charge in [0.2, 0.25) is 0 Å². The number of benzene rings is 2. The number of anilines is 2. The summed E-state index contributed by atoms with van der Waals surface area (Å²) in [4.78, 5) is 6.67. The average Bonchev–Trinajstić information content (AvgIpc) is 3.65. The van der Waals surface area contributed by atoms with Gasteiger partial charge in [0.05, 0.1) is 11.8 Å². The Morgan fingerprint density at radius 2 is 1.63 bits per heavy atom. The van der Waals surface area contributed by atoms with E-state index in [9.17, 15) is 26.3 Å². The van der Waals surface area contributed by atoms with Gasteiger partial charge in [0.1, 0.15) is 5.75 Å². The molecule has 5 nitrogen and oxygen atoms in total. The van der Waals surface area contributed by atoms with E-state index in [0.29, 0.717) is 41.1 Å². The molecule has 220 valence electrons. The van der Waals surface area contributed by atoms with Crippen molar-refractivity contribution in [3.05, 3.63) is 60.3 Å². The molecule has 0 radical (unpaired) electrons. The molecule has 3 aromatic rings. The largest absolute Gasteiger partial charge is 0.573 e. The summed E-state index contributed by atoms with van der Waals surface area (Å²) in [5.74, 6) is 1.59. The lowest BCUT2D eigenvalue weighted by Crippen LogP contribution is -2.41. The Bertz CT molecular complexity index is 1320. The van der Waals surface area contributed by atoms with Gasteiger partial charge in [-0.05, 0) is 98.4 Å². The summed E-state index contributed by atoms with van der Waals surface area (Å²) in [6, 6.07) is 11.9. The highest BCUT2D eigenvalue weighted by molar-refractivity contribution is 5.58. The van der Waals surface area contributed by atoms with Gasteiger partial charge in [-0.2, -0.15) is 13.2 Å². The van der Waals surface area contributed by atoms with Gasteiger partial charge in [-0.3, -0.25) is 0 Å². The van der Waals surface area contributed by atoms with E-state index >= 15 is 0 Å². The molecule has 0 spiro atoms. The maximum atomic E-state index is 13.0. The summed E-state index contributed by atoms with van der Waals surface area (Å²) in [5.41, 5.74) is 0.824. The minimum Gasteiger partial charge on any atom is -0.424 e. The van der Waals surface area contributed by atoms with E-state index in [-0.39, 0.29) is 11.8 Å². The van der Waals surface area contributed by atoms with Crippen LogP contribution in [0, 0.1) is 17.8 Å². The number of alkyl halides is 6. The molecule has 1 N–H and O–H groups in total. The molecule has 2 aliphatic carbocycles. The second-order valence-corrected chi connectivity index (χ2v) is 11.5. The highest BCUT2D eigenvalue weighted by atomic mass is 19.4. The van der Waals surface area contributed by atoms with Gasteiger partial charge < -0.3 is 19.4 Å². The molecule has 0 unspecified atom stereocenters. The molecule has 5 atom stereocenters. The molecule has 3 fully saturated rings. The first kappa shape index (κ1) is 27.8. The van der Waals surface area contributed by atoms with Crippen LogP contribution in [0.4, 0.5) is 38.0 Å². The molecule has 6 rings (SSSR count). The van der Waals surface area contributed by atoms with Gasteiger partial charge in [-0.1, -0.05) is 12.8 Å². The normalized spacial score (nSPS) is 26.4. The van der Waals surface area contributed by atoms with Crippen LogP contribution in [0.25, 0.3) is 11.3 Å². The maximum absolute atomic E-state index is 13.0. The average molecular weight is 580 g/mol. The molecule has 1 aliphatic heterocycles. The molecular weight excluding hydrogens is 548 g/mol. The predicted molar refractivity (Wildman–Crippen MR) is 141 cm³/mol. The lowest BCUT2D eigenvalue weighted by molar-refractivity contribution is -0.274. The molecule has 0 amide bonds. The highest BCUT2D eigenvalue weighted by Crippen LogP contribution is 2.48. The van der Waals surface area contributed by atoms with Crippen molar-refractivity contribution < 1.29 is 35.5 Å². The highest BCUT2D eigenvalue weighted by Gasteiger charge is 2.46. The van der Waals surface area contributed by atoms with Crippen molar-refractivity contribution in [3.63, 3.8) is 0 Å². The zero-order valence-electron chi connectivity index (χ0n) is 22.2. The van der Waals surface area contributed by atoms with Crippen LogP contribution in [0.15, 0.2) is 59.1 Å². The van der Waals surface area contributed by atoms with Gasteiger partial charge in [0, 0.05) is 29.9 Å². The summed E-state index contributed by atoms with van der Waals surface area (Å²) < 4.78 is 86.3. The van der Waals surface area contributed by atoms with Crippen LogP contribution in [0.2, 0.25) is 0 Å². The number of aromatic nitrogens is 1. The van der Waals surface area contributed by atoms with Gasteiger partial charge in [-0.25, -0.2) is 4.98 Å². The van der Waals surface area contributed by atoms with Crippen molar-refractivity contribution in [3.8, 4) is 17.1 Å². The summed E-state index contributed by atoms with van der Waals surface area (Å²) in [7, 11) is 0. The molecule has 1 saturated heterocycles. The smallest absolute Gasteiger partial charge is 0.424 e. The summed E-state index contributed by atoms with van der Waals surface area (Å²) >= 11 is 0. The molecule has 1 aromatic heterocycles. The number of hydrogen-bond donors (Lipinski definition) is 1. The van der Waals surface area contributed by atoms with Crippen LogP contribution in [0.3, 0.4) is 0 Å². The number of ether oxygens (including phenoxy) is 1. The van der Waals surface area contributed by atoms with Crippen LogP contribution in [-0.2, 0) is 6.18 Å². The summed E-state index contributed by atoms with van der Waals surface area (Å²) in [6.45, 7) is 0.890. The van der Waals surface area contributed by atoms with Crippen molar-refractivity contribution in [2.75, 3.05) is 16.8 Å². The number of hydrogen-bond acceptors (Lipinski definition) is 5. The molecule has 11 heteroatoms. The topological polar surface area (TPSA) is 50.5 Å². The first-order chi connectivity index (χ1) is 19.5. The fourth-order valence-electron chi connectivity index (χ4n) is 7.07. The Hall–Kier alpha value is -3.37. The van der Waals surface area contributed by atoms with Crippen LogP contribution in [-0.4, -0.2) is 30.0 Å². The fraction of sp³-hybridized carbons (Fsp3) is 0.500. The third-order valence-corrected chi connectivity index (χ3v) is 8.84. The SMILES string of the molecule is FC(F)(F)Oc1ccc(-c2cnc(N[C@@H]3CCCC[C@H]3C[C@H]3C[C@@H]4C[C@H]3N(c3ccc(C(F)(F)F)cc3)C4)o2)cc1. The first-order valence-electron chi connectivity index (χ1n) is 14.0. The van der Waals surface area contributed by atoms with E-state index in [1.54, 1.807) is 18.3 Å². The zero-order valence-corrected chi connectivity index (χ0v) is 22.2. The Balaban J connectivity index is 1.09. The molecule has 2 aromatic carbocycles. The van der Waals surface area contributed by atoms with E-state index < -0.39 is 18.1 Å². The maximum Gasteiger partial charge on any atom is 0.573 e. The van der Waals surface area contributed by atoms with E-state index in [0.717, 1.165) is 57.2 Å². The standard InChI is InChI=1S/C30H31F6N3O2/c31-29(32,33)22-7-9-23(10-8-22)39-17-18-13-21(26(39)14-18)15-20-3-1-2-4-25(20)38-28-37-16-27(40-28)19-5-11-24(12-6-19)41-30(34,35)36/h5-12,16,18,20-21,25-26H,1-4,13-15,17H2,(H,37,38)/t18-,20+,21-,25-,26-/m1/s1. The van der Waals surface area contributed by atoms with Gasteiger partial charge in [-0.15, -0.1) is 13.2 Å². The number of halogens is 6. The van der Waals surface area contributed by atoms with Crippen molar-refractivity contribution >= 4 is 11.7 Å². The van der Waals surface area contributed by atoms with Gasteiger partial charge in [0.15, 0.2) is 5.76 Å². The second-order valence-electron chi connectivity index (χ2n) is 11.5. The number of fused-ring (bicyclic) bond motifs is 2. The van der Waals surface area contributed by atoms with Crippen molar-refractivity contribution in [2.45, 2.75) is 69.6 Å². The fourth-order valence-corrected chi connectivity index (χ4v) is 7.07. The molecule has 2 saturated carbocycles. The van der Waals surface area contributed by atoms with E-state index in [1.165, 1.54) is 36.4 Å². The Morgan fingerprint density at radius 1 is 0.902 bits per heavy atom. The lowest BCUT2D eigenvalue weighted by atomic mass is 9.77. The second kappa shape index (κ2) is 10.8. The molecule has 3 aliphatic rings. The van der Waals surface area contributed by atoms with Crippen molar-refractivity contribution in [2.24, 2.45) is 17.8 Å². The van der Waals surface area contributed by atoms with Gasteiger partial charge in [0.25, 0.3) is 6.01 Å². The number of piperidine rings is 1. The molecule has 2 bridgehead atoms. The van der Waals surface area contributed by atoms with Crippen molar-refractivity contribution in [1.29, 1.82) is 0 Å². The summed E-state index contributed by atoms with van der Waals surface area (Å²) in [5, 5.41) is 3.47. The predicted octanol–water partition coefficient (Wildman–Crippen LogP) is 8.53. The van der Waals surface area contributed by atoms with E-state index in [2.05, 4.69) is 19.9 Å². The summed E-state index contributed by atoms with van der Waals surface area (Å²) in [6.07, 6.45) is 0.0197. The van der Waals surface area contributed by atoms with Crippen LogP contribution < -0.4 is 15.0 Å². The third kappa shape index (κ3) is 6.28. The third-order valence-electron chi connectivity index (χ3n) is 8.84. The van der Waals surface area contributed by atoms with E-state index in [1.807, 2.05) is 0 Å². The molecule has 41 heavy (non-hydrogen) atoms. The molecular formula is C30H31F6N3O2. The quantitative estimate of drug-likeness (QED) is 0.284. The zero-order chi connectivity index (χ0) is 28.8. The van der Waals surface area contributed by atoms with Gasteiger partial charge >= 0.3 is 12.5 Å². The Morgan fingerprint density at radius 3 is 2.32 bits per heavy atom. The van der Waals surface area contributed by atoms with E-state index in [4.69, 9.17) is 4.42 Å². The number of oxazole rings is 1.